The molecule has 0 saturated carbocycles. The molecule has 0 aromatic carbocycles. The van der Waals surface area contributed by atoms with Crippen LogP contribution in [0.3, 0.4) is 0 Å². The summed E-state index contributed by atoms with van der Waals surface area (Å²) >= 11 is 0. The summed E-state index contributed by atoms with van der Waals surface area (Å²) in [5.74, 6) is 0. The zero-order valence-corrected chi connectivity index (χ0v) is 12.1. The minimum Gasteiger partial charge on any atom is -0.446 e. The predicted molar refractivity (Wildman–Crippen MR) is 69.4 cm³/mol. The molecule has 0 rings (SSSR count). The fourth-order valence-electron chi connectivity index (χ4n) is 1.07. The number of hydrogen-bond donors (Lipinski definition) is 3. The van der Waals surface area contributed by atoms with E-state index < -0.39 is 16.3 Å². The highest BCUT2D eigenvalue weighted by molar-refractivity contribution is 7.88. The van der Waals surface area contributed by atoms with Crippen LogP contribution in [0.15, 0.2) is 0 Å². The highest BCUT2D eigenvalue weighted by Crippen LogP contribution is 1.90. The molecule has 0 aliphatic heterocycles. The Kier molecular flexibility index (Phi) is 7.88. The van der Waals surface area contributed by atoms with Gasteiger partial charge in [-0.25, -0.2) is 9.52 Å². The first-order valence-corrected chi connectivity index (χ1v) is 7.42. The van der Waals surface area contributed by atoms with Gasteiger partial charge in [0.1, 0.15) is 0 Å². The van der Waals surface area contributed by atoms with Crippen LogP contribution < -0.4 is 14.8 Å². The number of ether oxygens (including phenoxy) is 1. The van der Waals surface area contributed by atoms with E-state index in [1.54, 1.807) is 18.6 Å². The van der Waals surface area contributed by atoms with Gasteiger partial charge >= 0.3 is 16.3 Å². The number of carbonyl (C=O) groups is 1. The van der Waals surface area contributed by atoms with Crippen LogP contribution in [0, 0.1) is 0 Å². The van der Waals surface area contributed by atoms with Gasteiger partial charge in [-0.2, -0.15) is 13.1 Å². The molecule has 0 heterocycles. The molecule has 8 heteroatoms. The van der Waals surface area contributed by atoms with Crippen molar-refractivity contribution in [1.82, 2.24) is 14.8 Å². The summed E-state index contributed by atoms with van der Waals surface area (Å²) in [4.78, 5) is 11.1. The number of hydrogen-bond acceptors (Lipinski definition) is 5. The fourth-order valence-corrected chi connectivity index (χ4v) is 1.82. The normalized spacial score (nSPS) is 11.9. The summed E-state index contributed by atoms with van der Waals surface area (Å²) in [5.41, 5.74) is 0. The molecule has 18 heavy (non-hydrogen) atoms. The zero-order chi connectivity index (χ0) is 14.2. The molecule has 0 aliphatic rings. The largest absolute Gasteiger partial charge is 0.446 e. The Hall–Kier alpha value is -0.860. The Morgan fingerprint density at radius 3 is 2.28 bits per heavy atom. The Morgan fingerprint density at radius 1 is 1.17 bits per heavy atom. The zero-order valence-electron chi connectivity index (χ0n) is 11.3. The van der Waals surface area contributed by atoms with Crippen molar-refractivity contribution >= 4 is 16.3 Å². The second-order valence-corrected chi connectivity index (χ2v) is 5.92. The molecule has 0 fully saturated rings. The molecule has 0 spiro atoms. The Bertz CT molecular complexity index is 341. The monoisotopic (exact) mass is 281 g/mol. The third-order valence-corrected chi connectivity index (χ3v) is 2.78. The molecule has 0 aromatic heterocycles. The number of carbonyl (C=O) groups excluding carboxylic acids is 1. The molecule has 0 atom stereocenters. The lowest BCUT2D eigenvalue weighted by Crippen LogP contribution is -2.42. The SMILES string of the molecule is CC(C)NCCCNS(=O)(=O)NC(=O)OC(C)C. The minimum absolute atomic E-state index is 0.254. The van der Waals surface area contributed by atoms with Crippen molar-refractivity contribution in [3.63, 3.8) is 0 Å². The molecule has 0 aromatic rings. The molecule has 0 radical (unpaired) electrons. The van der Waals surface area contributed by atoms with Gasteiger partial charge < -0.3 is 10.1 Å². The van der Waals surface area contributed by atoms with E-state index in [1.165, 1.54) is 0 Å². The van der Waals surface area contributed by atoms with Crippen LogP contribution in [0.2, 0.25) is 0 Å². The molecule has 7 nitrogen and oxygen atoms in total. The summed E-state index contributed by atoms with van der Waals surface area (Å²) in [7, 11) is -3.83. The van der Waals surface area contributed by atoms with Gasteiger partial charge in [-0.15, -0.1) is 0 Å². The van der Waals surface area contributed by atoms with Crippen molar-refractivity contribution in [1.29, 1.82) is 0 Å². The lowest BCUT2D eigenvalue weighted by molar-refractivity contribution is 0.121. The van der Waals surface area contributed by atoms with Gasteiger partial charge in [-0.1, -0.05) is 13.8 Å². The lowest BCUT2D eigenvalue weighted by atomic mass is 10.3. The van der Waals surface area contributed by atoms with Gasteiger partial charge in [0, 0.05) is 12.6 Å². The van der Waals surface area contributed by atoms with Gasteiger partial charge in [0.05, 0.1) is 6.10 Å². The van der Waals surface area contributed by atoms with E-state index in [-0.39, 0.29) is 12.6 Å². The third kappa shape index (κ3) is 10.3. The average Bonchev–Trinajstić information content (AvgIpc) is 2.13. The van der Waals surface area contributed by atoms with E-state index in [4.69, 9.17) is 0 Å². The highest BCUT2D eigenvalue weighted by Gasteiger charge is 2.15. The smallest absolute Gasteiger partial charge is 0.422 e. The van der Waals surface area contributed by atoms with Crippen LogP contribution in [0.1, 0.15) is 34.1 Å². The van der Waals surface area contributed by atoms with Crippen LogP contribution in [0.5, 0.6) is 0 Å². The van der Waals surface area contributed by atoms with Gasteiger partial charge in [-0.3, -0.25) is 0 Å². The maximum absolute atomic E-state index is 11.4. The first kappa shape index (κ1) is 17.1. The Labute approximate surface area is 109 Å². The van der Waals surface area contributed by atoms with Crippen molar-refractivity contribution in [2.24, 2.45) is 0 Å². The molecule has 0 bridgehead atoms. The maximum atomic E-state index is 11.4. The Morgan fingerprint density at radius 2 is 1.78 bits per heavy atom. The number of rotatable bonds is 8. The van der Waals surface area contributed by atoms with E-state index in [1.807, 2.05) is 13.8 Å². The van der Waals surface area contributed by atoms with Crippen molar-refractivity contribution in [3.05, 3.63) is 0 Å². The van der Waals surface area contributed by atoms with Crippen molar-refractivity contribution in [3.8, 4) is 0 Å². The second-order valence-electron chi connectivity index (χ2n) is 4.42. The summed E-state index contributed by atoms with van der Waals surface area (Å²) in [6.45, 7) is 8.25. The molecule has 1 amide bonds. The van der Waals surface area contributed by atoms with Crippen molar-refractivity contribution < 1.29 is 17.9 Å². The Balaban J connectivity index is 3.84. The maximum Gasteiger partial charge on any atom is 0.422 e. The van der Waals surface area contributed by atoms with Crippen molar-refractivity contribution in [2.75, 3.05) is 13.1 Å². The van der Waals surface area contributed by atoms with Gasteiger partial charge in [-0.05, 0) is 26.8 Å². The molecule has 108 valence electrons. The van der Waals surface area contributed by atoms with Gasteiger partial charge in [0.25, 0.3) is 0 Å². The minimum atomic E-state index is -3.83. The average molecular weight is 281 g/mol. The van der Waals surface area contributed by atoms with Crippen LogP contribution in [-0.4, -0.2) is 39.7 Å². The summed E-state index contributed by atoms with van der Waals surface area (Å²) in [5, 5.41) is 3.15. The van der Waals surface area contributed by atoms with E-state index >= 15 is 0 Å². The van der Waals surface area contributed by atoms with E-state index in [0.717, 1.165) is 0 Å². The van der Waals surface area contributed by atoms with Crippen LogP contribution in [0.4, 0.5) is 4.79 Å². The van der Waals surface area contributed by atoms with Gasteiger partial charge in [0.2, 0.25) is 0 Å². The second kappa shape index (κ2) is 8.28. The molecular weight excluding hydrogens is 258 g/mol. The predicted octanol–water partition coefficient (Wildman–Crippen LogP) is 0.344. The number of amides is 1. The molecule has 0 aliphatic carbocycles. The standard InChI is InChI=1S/C10H23N3O4S/c1-8(2)11-6-5-7-12-18(15,16)13-10(14)17-9(3)4/h8-9,11-12H,5-7H2,1-4H3,(H,13,14). The molecule has 0 saturated heterocycles. The molecular formula is C10H23N3O4S. The van der Waals surface area contributed by atoms with E-state index in [0.29, 0.717) is 19.0 Å². The first-order valence-electron chi connectivity index (χ1n) is 5.94. The van der Waals surface area contributed by atoms with Crippen LogP contribution in [-0.2, 0) is 14.9 Å². The van der Waals surface area contributed by atoms with E-state index in [9.17, 15) is 13.2 Å². The van der Waals surface area contributed by atoms with Crippen LogP contribution in [0.25, 0.3) is 0 Å². The van der Waals surface area contributed by atoms with E-state index in [2.05, 4.69) is 14.8 Å². The lowest BCUT2D eigenvalue weighted by Gasteiger charge is -2.11. The topological polar surface area (TPSA) is 96.5 Å². The van der Waals surface area contributed by atoms with Gasteiger partial charge in [0.15, 0.2) is 0 Å². The van der Waals surface area contributed by atoms with Crippen molar-refractivity contribution in [2.45, 2.75) is 46.3 Å². The first-order chi connectivity index (χ1) is 8.23. The van der Waals surface area contributed by atoms with Crippen LogP contribution >= 0.6 is 0 Å². The number of nitrogens with one attached hydrogen (secondary N) is 3. The highest BCUT2D eigenvalue weighted by atomic mass is 32.2. The quantitative estimate of drug-likeness (QED) is 0.558. The summed E-state index contributed by atoms with van der Waals surface area (Å²) < 4.78 is 31.4. The summed E-state index contributed by atoms with van der Waals surface area (Å²) in [6, 6.07) is 0.362. The summed E-state index contributed by atoms with van der Waals surface area (Å²) in [6.07, 6.45) is -0.702. The molecule has 0 unspecified atom stereocenters. The third-order valence-electron chi connectivity index (χ3n) is 1.76. The fraction of sp³-hybridized carbons (Fsp3) is 0.900. The molecule has 3 N–H and O–H groups in total.